The van der Waals surface area contributed by atoms with E-state index in [1.807, 2.05) is 36.4 Å². The van der Waals surface area contributed by atoms with Crippen LogP contribution in [-0.2, 0) is 16.0 Å². The van der Waals surface area contributed by atoms with E-state index in [1.165, 1.54) is 11.8 Å². The average Bonchev–Trinajstić information content (AvgIpc) is 3.40. The Kier molecular flexibility index (Phi) is 6.79. The second-order valence-corrected chi connectivity index (χ2v) is 8.36. The summed E-state index contributed by atoms with van der Waals surface area (Å²) in [5.74, 6) is 0.643. The highest BCUT2D eigenvalue weighted by atomic mass is 32.2. The number of hydrogen-bond donors (Lipinski definition) is 0. The molecule has 1 aromatic heterocycles. The maximum absolute atomic E-state index is 12.8. The van der Waals surface area contributed by atoms with Gasteiger partial charge in [-0.1, -0.05) is 37.3 Å². The summed E-state index contributed by atoms with van der Waals surface area (Å²) in [6.45, 7) is 4.17. The van der Waals surface area contributed by atoms with Crippen LogP contribution in [0, 0.1) is 0 Å². The second-order valence-electron chi connectivity index (χ2n) is 7.35. The minimum Gasteiger partial charge on any atom is -0.462 e. The Balaban J connectivity index is 1.57. The maximum Gasteiger partial charge on any atom is 0.338 e. The van der Waals surface area contributed by atoms with Crippen molar-refractivity contribution in [1.82, 2.24) is 4.90 Å². The molecule has 6 nitrogen and oxygen atoms in total. The van der Waals surface area contributed by atoms with Crippen LogP contribution in [0.3, 0.4) is 0 Å². The van der Waals surface area contributed by atoms with Gasteiger partial charge in [0.2, 0.25) is 0 Å². The van der Waals surface area contributed by atoms with E-state index in [9.17, 15) is 9.59 Å². The molecule has 168 valence electrons. The van der Waals surface area contributed by atoms with Crippen molar-refractivity contribution in [3.8, 4) is 11.3 Å². The molecule has 0 aliphatic carbocycles. The summed E-state index contributed by atoms with van der Waals surface area (Å²) in [5.41, 5.74) is 3.21. The highest BCUT2D eigenvalue weighted by Crippen LogP contribution is 2.35. The highest BCUT2D eigenvalue weighted by molar-refractivity contribution is 8.18. The highest BCUT2D eigenvalue weighted by Gasteiger charge is 2.31. The van der Waals surface area contributed by atoms with E-state index in [0.29, 0.717) is 33.8 Å². The van der Waals surface area contributed by atoms with E-state index in [-0.39, 0.29) is 11.9 Å². The number of carbonyl (C=O) groups is 2. The van der Waals surface area contributed by atoms with E-state index < -0.39 is 0 Å². The molecule has 2 heterocycles. The predicted molar refractivity (Wildman–Crippen MR) is 131 cm³/mol. The smallest absolute Gasteiger partial charge is 0.338 e. The van der Waals surface area contributed by atoms with Gasteiger partial charge in [-0.15, -0.1) is 0 Å². The summed E-state index contributed by atoms with van der Waals surface area (Å²) in [7, 11) is 1.72. The molecule has 1 saturated heterocycles. The lowest BCUT2D eigenvalue weighted by Crippen LogP contribution is -2.23. The molecule has 1 amide bonds. The Bertz CT molecular complexity index is 1260. The monoisotopic (exact) mass is 460 g/mol. The predicted octanol–water partition coefficient (Wildman–Crippen LogP) is 5.92. The van der Waals surface area contributed by atoms with Gasteiger partial charge in [-0.25, -0.2) is 9.79 Å². The van der Waals surface area contributed by atoms with Crippen molar-refractivity contribution in [2.24, 2.45) is 4.99 Å². The lowest BCUT2D eigenvalue weighted by Gasteiger charge is -2.08. The first-order chi connectivity index (χ1) is 16.0. The molecule has 3 aromatic rings. The normalized spacial score (nSPS) is 16.1. The summed E-state index contributed by atoms with van der Waals surface area (Å²) in [5, 5.41) is 0.626. The topological polar surface area (TPSA) is 72.1 Å². The van der Waals surface area contributed by atoms with E-state index >= 15 is 0 Å². The SMILES string of the molecule is CCOC(=O)c1cccc(-c2ccc(/C=C3/SC(=Nc4ccccc4CC)N(C)C3=O)o2)c1. The van der Waals surface area contributed by atoms with Crippen molar-refractivity contribution in [1.29, 1.82) is 0 Å². The fraction of sp³-hybridized carbons (Fsp3) is 0.192. The third-order valence-electron chi connectivity index (χ3n) is 5.15. The Labute approximate surface area is 197 Å². The van der Waals surface area contributed by atoms with Crippen molar-refractivity contribution in [3.63, 3.8) is 0 Å². The largest absolute Gasteiger partial charge is 0.462 e. The standard InChI is InChI=1S/C26H24N2O4S/c1-4-17-9-6-7-12-21(17)27-26-28(3)24(29)23(33-26)16-20-13-14-22(32-20)18-10-8-11-19(15-18)25(30)31-5-2/h6-16H,4-5H2,1-3H3/b23-16+,27-26?. The first kappa shape index (κ1) is 22.6. The molecular formula is C26H24N2O4S. The lowest BCUT2D eigenvalue weighted by atomic mass is 10.1. The number of likely N-dealkylation sites (N-methyl/N-ethyl adjacent to an activating group) is 1. The number of carbonyl (C=O) groups excluding carboxylic acids is 2. The van der Waals surface area contributed by atoms with Crippen molar-refractivity contribution in [3.05, 3.63) is 82.5 Å². The average molecular weight is 461 g/mol. The third-order valence-corrected chi connectivity index (χ3v) is 6.21. The van der Waals surface area contributed by atoms with Gasteiger partial charge in [-0.05, 0) is 61.0 Å². The molecule has 0 bridgehead atoms. The first-order valence-corrected chi connectivity index (χ1v) is 11.5. The van der Waals surface area contributed by atoms with E-state index in [2.05, 4.69) is 6.92 Å². The molecule has 0 radical (unpaired) electrons. The number of rotatable bonds is 6. The molecule has 33 heavy (non-hydrogen) atoms. The van der Waals surface area contributed by atoms with Gasteiger partial charge in [0.15, 0.2) is 5.17 Å². The summed E-state index contributed by atoms with van der Waals surface area (Å²) in [4.78, 5) is 31.6. The van der Waals surface area contributed by atoms with Gasteiger partial charge < -0.3 is 9.15 Å². The fourth-order valence-corrected chi connectivity index (χ4v) is 4.36. The molecular weight excluding hydrogens is 436 g/mol. The molecule has 2 aromatic carbocycles. The number of benzene rings is 2. The Morgan fingerprint density at radius 3 is 2.73 bits per heavy atom. The molecule has 1 aliphatic rings. The quantitative estimate of drug-likeness (QED) is 0.337. The first-order valence-electron chi connectivity index (χ1n) is 10.7. The number of thioether (sulfide) groups is 1. The van der Waals surface area contributed by atoms with Gasteiger partial charge in [0.25, 0.3) is 5.91 Å². The van der Waals surface area contributed by atoms with Crippen LogP contribution in [0.15, 0.2) is 75.0 Å². The van der Waals surface area contributed by atoms with Crippen LogP contribution in [0.5, 0.6) is 0 Å². The number of amidine groups is 1. The zero-order valence-electron chi connectivity index (χ0n) is 18.7. The van der Waals surface area contributed by atoms with Crippen LogP contribution in [0.1, 0.15) is 35.5 Å². The van der Waals surface area contributed by atoms with Crippen LogP contribution in [0.2, 0.25) is 0 Å². The number of ether oxygens (including phenoxy) is 1. The van der Waals surface area contributed by atoms with Crippen molar-refractivity contribution < 1.29 is 18.7 Å². The molecule has 7 heteroatoms. The summed E-state index contributed by atoms with van der Waals surface area (Å²) < 4.78 is 11.0. The maximum atomic E-state index is 12.8. The van der Waals surface area contributed by atoms with Crippen LogP contribution < -0.4 is 0 Å². The molecule has 1 aliphatic heterocycles. The zero-order valence-corrected chi connectivity index (χ0v) is 19.5. The molecule has 0 saturated carbocycles. The minimum absolute atomic E-state index is 0.130. The van der Waals surface area contributed by atoms with Gasteiger partial charge in [-0.2, -0.15) is 0 Å². The van der Waals surface area contributed by atoms with Crippen LogP contribution in [0.4, 0.5) is 5.69 Å². The molecule has 0 N–H and O–H groups in total. The number of nitrogens with zero attached hydrogens (tertiary/aromatic N) is 2. The number of esters is 1. The number of para-hydroxylation sites is 1. The van der Waals surface area contributed by atoms with Gasteiger partial charge in [-0.3, -0.25) is 9.69 Å². The van der Waals surface area contributed by atoms with Gasteiger partial charge in [0.05, 0.1) is 22.8 Å². The van der Waals surface area contributed by atoms with Gasteiger partial charge in [0, 0.05) is 18.7 Å². The number of furan rings is 1. The van der Waals surface area contributed by atoms with E-state index in [1.54, 1.807) is 49.2 Å². The Morgan fingerprint density at radius 1 is 1.12 bits per heavy atom. The summed E-state index contributed by atoms with van der Waals surface area (Å²) in [6.07, 6.45) is 2.58. The van der Waals surface area contributed by atoms with Crippen molar-refractivity contribution >= 4 is 40.6 Å². The fourth-order valence-electron chi connectivity index (χ4n) is 3.40. The Morgan fingerprint density at radius 2 is 1.94 bits per heavy atom. The molecule has 0 unspecified atom stereocenters. The Hall–Kier alpha value is -3.58. The van der Waals surface area contributed by atoms with Crippen molar-refractivity contribution in [2.75, 3.05) is 13.7 Å². The lowest BCUT2D eigenvalue weighted by molar-refractivity contribution is -0.121. The van der Waals surface area contributed by atoms with E-state index in [4.69, 9.17) is 14.1 Å². The molecule has 4 rings (SSSR count). The number of aryl methyl sites for hydroxylation is 1. The summed E-state index contributed by atoms with van der Waals surface area (Å²) >= 11 is 1.32. The number of aliphatic imine (C=N–C) groups is 1. The molecule has 1 fully saturated rings. The number of hydrogen-bond acceptors (Lipinski definition) is 6. The van der Waals surface area contributed by atoms with Crippen LogP contribution in [0.25, 0.3) is 17.4 Å². The zero-order chi connectivity index (χ0) is 23.4. The molecule has 0 atom stereocenters. The third kappa shape index (κ3) is 4.93. The van der Waals surface area contributed by atoms with Gasteiger partial charge >= 0.3 is 5.97 Å². The number of amides is 1. The van der Waals surface area contributed by atoms with Crippen LogP contribution >= 0.6 is 11.8 Å². The summed E-state index contributed by atoms with van der Waals surface area (Å²) in [6, 6.07) is 18.6. The van der Waals surface area contributed by atoms with Crippen molar-refractivity contribution in [2.45, 2.75) is 20.3 Å². The minimum atomic E-state index is -0.374. The molecule has 0 spiro atoms. The second kappa shape index (κ2) is 9.92. The van der Waals surface area contributed by atoms with Gasteiger partial charge in [0.1, 0.15) is 11.5 Å². The van der Waals surface area contributed by atoms with E-state index in [0.717, 1.165) is 23.2 Å². The van der Waals surface area contributed by atoms with Crippen LogP contribution in [-0.4, -0.2) is 35.6 Å².